The van der Waals surface area contributed by atoms with Crippen molar-refractivity contribution in [3.05, 3.63) is 16.8 Å². The second-order valence-electron chi connectivity index (χ2n) is 4.44. The monoisotopic (exact) mass is 311 g/mol. The fourth-order valence-electron chi connectivity index (χ4n) is 1.62. The van der Waals surface area contributed by atoms with Gasteiger partial charge < -0.3 is 14.6 Å². The number of carbonyl (C=O) groups is 1. The van der Waals surface area contributed by atoms with Crippen LogP contribution in [0.2, 0.25) is 0 Å². The molecule has 114 valence electrons. The van der Waals surface area contributed by atoms with Gasteiger partial charge in [-0.1, -0.05) is 16.5 Å². The molecule has 1 N–H and O–H groups in total. The summed E-state index contributed by atoms with van der Waals surface area (Å²) in [7, 11) is 1.83. The van der Waals surface area contributed by atoms with E-state index in [1.165, 1.54) is 11.3 Å². The van der Waals surface area contributed by atoms with Gasteiger partial charge in [0, 0.05) is 6.07 Å². The van der Waals surface area contributed by atoms with Gasteiger partial charge in [0.2, 0.25) is 5.91 Å². The highest BCUT2D eigenvalue weighted by Crippen LogP contribution is 2.18. The van der Waals surface area contributed by atoms with Gasteiger partial charge in [-0.05, 0) is 20.9 Å². The van der Waals surface area contributed by atoms with Crippen LogP contribution in [0.1, 0.15) is 17.7 Å². The summed E-state index contributed by atoms with van der Waals surface area (Å²) in [5.74, 6) is 0.900. The summed E-state index contributed by atoms with van der Waals surface area (Å²) < 4.78 is 10.1. The first kappa shape index (κ1) is 15.4. The second-order valence-corrected chi connectivity index (χ2v) is 5.46. The Balaban J connectivity index is 1.80. The summed E-state index contributed by atoms with van der Waals surface area (Å²) in [6.45, 7) is 4.96. The molecule has 0 bridgehead atoms. The van der Waals surface area contributed by atoms with E-state index in [-0.39, 0.29) is 12.5 Å². The van der Waals surface area contributed by atoms with Crippen molar-refractivity contribution in [3.63, 3.8) is 0 Å². The van der Waals surface area contributed by atoms with Crippen molar-refractivity contribution in [1.82, 2.24) is 20.3 Å². The first-order valence-corrected chi connectivity index (χ1v) is 7.25. The van der Waals surface area contributed by atoms with E-state index in [0.717, 1.165) is 5.01 Å². The molecule has 2 aromatic heterocycles. The Morgan fingerprint density at radius 2 is 2.33 bits per heavy atom. The molecule has 21 heavy (non-hydrogen) atoms. The van der Waals surface area contributed by atoms with Crippen molar-refractivity contribution >= 4 is 23.1 Å². The highest BCUT2D eigenvalue weighted by molar-refractivity contribution is 7.13. The van der Waals surface area contributed by atoms with Crippen molar-refractivity contribution in [2.45, 2.75) is 20.4 Å². The predicted octanol–water partition coefficient (Wildman–Crippen LogP) is 1.30. The van der Waals surface area contributed by atoms with Gasteiger partial charge in [0.25, 0.3) is 5.19 Å². The zero-order chi connectivity index (χ0) is 15.2. The zero-order valence-corrected chi connectivity index (χ0v) is 12.9. The van der Waals surface area contributed by atoms with Gasteiger partial charge in [-0.2, -0.15) is 0 Å². The van der Waals surface area contributed by atoms with Crippen LogP contribution in [0, 0.1) is 6.92 Å². The number of anilines is 1. The number of hydrogen-bond acceptors (Lipinski definition) is 8. The molecule has 0 saturated heterocycles. The summed E-state index contributed by atoms with van der Waals surface area (Å²) in [5.41, 5.74) is 0. The van der Waals surface area contributed by atoms with Crippen molar-refractivity contribution < 1.29 is 14.1 Å². The van der Waals surface area contributed by atoms with Crippen molar-refractivity contribution in [1.29, 1.82) is 0 Å². The average molecular weight is 311 g/mol. The van der Waals surface area contributed by atoms with Crippen LogP contribution in [0.3, 0.4) is 0 Å². The Kier molecular flexibility index (Phi) is 5.23. The molecule has 0 atom stereocenters. The number of aryl methyl sites for hydroxylation is 1. The number of likely N-dealkylation sites (N-methyl/N-ethyl adjacent to an activating group) is 1. The van der Waals surface area contributed by atoms with E-state index >= 15 is 0 Å². The van der Waals surface area contributed by atoms with Gasteiger partial charge in [-0.25, -0.2) is 0 Å². The van der Waals surface area contributed by atoms with Gasteiger partial charge in [-0.3, -0.25) is 9.69 Å². The molecule has 0 fully saturated rings. The number of ether oxygens (including phenoxy) is 1. The maximum Gasteiger partial charge on any atom is 0.294 e. The SMILES string of the molecule is CCOc1nnc(CN(C)CC(=O)Nc2cc(C)on2)s1. The van der Waals surface area contributed by atoms with Crippen LogP contribution in [-0.4, -0.2) is 46.4 Å². The quantitative estimate of drug-likeness (QED) is 0.823. The summed E-state index contributed by atoms with van der Waals surface area (Å²) >= 11 is 1.38. The molecule has 9 heteroatoms. The molecule has 1 amide bonds. The minimum absolute atomic E-state index is 0.166. The van der Waals surface area contributed by atoms with E-state index in [1.807, 2.05) is 18.9 Å². The molecule has 2 heterocycles. The lowest BCUT2D eigenvalue weighted by Crippen LogP contribution is -2.29. The highest BCUT2D eigenvalue weighted by Gasteiger charge is 2.12. The molecule has 0 unspecified atom stereocenters. The fourth-order valence-corrected chi connectivity index (χ4v) is 2.45. The van der Waals surface area contributed by atoms with Gasteiger partial charge in [0.1, 0.15) is 10.8 Å². The number of amides is 1. The molecule has 0 aliphatic carbocycles. The Hall–Kier alpha value is -2.00. The summed E-state index contributed by atoms with van der Waals surface area (Å²) in [6, 6.07) is 1.66. The molecule has 0 aromatic carbocycles. The maximum absolute atomic E-state index is 11.8. The van der Waals surface area contributed by atoms with E-state index < -0.39 is 0 Å². The van der Waals surface area contributed by atoms with Crippen LogP contribution in [-0.2, 0) is 11.3 Å². The van der Waals surface area contributed by atoms with Crippen LogP contribution in [0.5, 0.6) is 5.19 Å². The van der Waals surface area contributed by atoms with Crippen molar-refractivity contribution in [3.8, 4) is 5.19 Å². The van der Waals surface area contributed by atoms with E-state index in [2.05, 4.69) is 20.7 Å². The van der Waals surface area contributed by atoms with E-state index in [9.17, 15) is 4.79 Å². The van der Waals surface area contributed by atoms with Gasteiger partial charge in [-0.15, -0.1) is 10.2 Å². The van der Waals surface area contributed by atoms with Gasteiger partial charge in [0.15, 0.2) is 5.82 Å². The number of nitrogens with one attached hydrogen (secondary N) is 1. The minimum atomic E-state index is -0.166. The van der Waals surface area contributed by atoms with Crippen LogP contribution in [0.4, 0.5) is 5.82 Å². The fraction of sp³-hybridized carbons (Fsp3) is 0.500. The molecule has 0 saturated carbocycles. The highest BCUT2D eigenvalue weighted by atomic mass is 32.1. The Morgan fingerprint density at radius 3 is 3.00 bits per heavy atom. The topological polar surface area (TPSA) is 93.4 Å². The van der Waals surface area contributed by atoms with E-state index in [4.69, 9.17) is 9.26 Å². The molecule has 0 radical (unpaired) electrons. The third-order valence-corrected chi connectivity index (χ3v) is 3.25. The summed E-state index contributed by atoms with van der Waals surface area (Å²) in [4.78, 5) is 13.7. The first-order valence-electron chi connectivity index (χ1n) is 6.43. The lowest BCUT2D eigenvalue weighted by Gasteiger charge is -2.13. The van der Waals surface area contributed by atoms with Crippen LogP contribution in [0.25, 0.3) is 0 Å². The van der Waals surface area contributed by atoms with Crippen molar-refractivity contribution in [2.75, 3.05) is 25.5 Å². The molecule has 2 rings (SSSR count). The Bertz CT molecular complexity index is 597. The number of hydrogen-bond donors (Lipinski definition) is 1. The lowest BCUT2D eigenvalue weighted by atomic mass is 10.4. The van der Waals surface area contributed by atoms with E-state index in [0.29, 0.717) is 29.9 Å². The average Bonchev–Trinajstić information content (AvgIpc) is 2.99. The van der Waals surface area contributed by atoms with Gasteiger partial charge in [0.05, 0.1) is 19.7 Å². The molecule has 0 spiro atoms. The predicted molar refractivity (Wildman–Crippen MR) is 77.3 cm³/mol. The normalized spacial score (nSPS) is 10.9. The van der Waals surface area contributed by atoms with Crippen LogP contribution < -0.4 is 10.1 Å². The van der Waals surface area contributed by atoms with Crippen molar-refractivity contribution in [2.24, 2.45) is 0 Å². The molecular weight excluding hydrogens is 294 g/mol. The Labute approximate surface area is 126 Å². The standard InChI is InChI=1S/C12H17N5O3S/c1-4-19-12-15-14-11(21-12)7-17(3)6-10(18)13-9-5-8(2)20-16-9/h5H,4,6-7H2,1-3H3,(H,13,16,18). The largest absolute Gasteiger partial charge is 0.469 e. The number of carbonyl (C=O) groups excluding carboxylic acids is 1. The minimum Gasteiger partial charge on any atom is -0.469 e. The third-order valence-electron chi connectivity index (χ3n) is 2.43. The Morgan fingerprint density at radius 1 is 1.52 bits per heavy atom. The number of rotatable bonds is 7. The molecule has 0 aliphatic heterocycles. The number of nitrogens with zero attached hydrogens (tertiary/aromatic N) is 4. The van der Waals surface area contributed by atoms with E-state index in [1.54, 1.807) is 13.0 Å². The van der Waals surface area contributed by atoms with Gasteiger partial charge >= 0.3 is 0 Å². The van der Waals surface area contributed by atoms with Crippen LogP contribution in [0.15, 0.2) is 10.6 Å². The maximum atomic E-state index is 11.8. The molecule has 0 aliphatic rings. The zero-order valence-electron chi connectivity index (χ0n) is 12.1. The number of aromatic nitrogens is 3. The lowest BCUT2D eigenvalue weighted by molar-refractivity contribution is -0.117. The first-order chi connectivity index (χ1) is 10.1. The molecule has 8 nitrogen and oxygen atoms in total. The molecular formula is C12H17N5O3S. The second kappa shape index (κ2) is 7.14. The molecule has 2 aromatic rings. The summed E-state index contributed by atoms with van der Waals surface area (Å²) in [5, 5.41) is 15.6. The summed E-state index contributed by atoms with van der Waals surface area (Å²) in [6.07, 6.45) is 0. The van der Waals surface area contributed by atoms with Crippen LogP contribution >= 0.6 is 11.3 Å². The third kappa shape index (κ3) is 4.80. The smallest absolute Gasteiger partial charge is 0.294 e.